The second kappa shape index (κ2) is 4.28. The van der Waals surface area contributed by atoms with Gasteiger partial charge < -0.3 is 15.9 Å². The fraction of sp³-hybridized carbons (Fsp3) is 0.500. The molecule has 0 heterocycles. The molecular weight excluding hydrogens is 182 g/mol. The minimum absolute atomic E-state index is 0.158. The third kappa shape index (κ3) is 2.60. The molecule has 4 N–H and O–H groups in total. The van der Waals surface area contributed by atoms with Crippen molar-refractivity contribution >= 4 is 5.97 Å². The summed E-state index contributed by atoms with van der Waals surface area (Å²) in [5.41, 5.74) is 7.15. The van der Waals surface area contributed by atoms with Gasteiger partial charge in [-0.05, 0) is 18.4 Å². The maximum Gasteiger partial charge on any atom is 0.332 e. The van der Waals surface area contributed by atoms with Gasteiger partial charge >= 0.3 is 5.97 Å². The molecule has 0 spiro atoms. The summed E-state index contributed by atoms with van der Waals surface area (Å²) in [6.45, 7) is 1.99. The molecule has 0 aromatic carbocycles. The van der Waals surface area contributed by atoms with E-state index >= 15 is 0 Å². The standard InChI is InChI=1S/C10H15NO3/c1-6-2-3-8(11)4-7(6)5-9(12)10(13)14/h3-4,6,9,12H,2,5,11H2,1H3,(H,13,14). The molecule has 4 heteroatoms. The Bertz CT molecular complexity index is 294. The van der Waals surface area contributed by atoms with Crippen molar-refractivity contribution in [1.82, 2.24) is 0 Å². The quantitative estimate of drug-likeness (QED) is 0.619. The molecule has 0 radical (unpaired) electrons. The van der Waals surface area contributed by atoms with Crippen LogP contribution in [0.3, 0.4) is 0 Å². The normalized spacial score (nSPS) is 23.7. The van der Waals surface area contributed by atoms with Gasteiger partial charge in [-0.15, -0.1) is 0 Å². The Labute approximate surface area is 82.7 Å². The number of aliphatic hydroxyl groups excluding tert-OH is 1. The first kappa shape index (κ1) is 10.8. The molecule has 78 valence electrons. The minimum Gasteiger partial charge on any atom is -0.479 e. The first-order chi connectivity index (χ1) is 6.50. The van der Waals surface area contributed by atoms with E-state index in [9.17, 15) is 9.90 Å². The summed E-state index contributed by atoms with van der Waals surface area (Å²) in [5, 5.41) is 17.7. The van der Waals surface area contributed by atoms with Gasteiger partial charge in [0.15, 0.2) is 6.10 Å². The van der Waals surface area contributed by atoms with E-state index in [2.05, 4.69) is 0 Å². The molecule has 14 heavy (non-hydrogen) atoms. The Morgan fingerprint density at radius 3 is 3.00 bits per heavy atom. The van der Waals surface area contributed by atoms with E-state index < -0.39 is 12.1 Å². The van der Waals surface area contributed by atoms with E-state index in [0.29, 0.717) is 5.70 Å². The Kier molecular flexibility index (Phi) is 3.30. The molecule has 0 saturated carbocycles. The number of nitrogens with two attached hydrogens (primary N) is 1. The van der Waals surface area contributed by atoms with Gasteiger partial charge in [0.2, 0.25) is 0 Å². The highest BCUT2D eigenvalue weighted by molar-refractivity contribution is 5.72. The van der Waals surface area contributed by atoms with Gasteiger partial charge in [-0.25, -0.2) is 4.79 Å². The highest BCUT2D eigenvalue weighted by Gasteiger charge is 2.20. The van der Waals surface area contributed by atoms with Crippen LogP contribution in [0.1, 0.15) is 19.8 Å². The van der Waals surface area contributed by atoms with Gasteiger partial charge in [0.1, 0.15) is 0 Å². The molecule has 0 amide bonds. The van der Waals surface area contributed by atoms with Crippen molar-refractivity contribution in [3.05, 3.63) is 23.4 Å². The monoisotopic (exact) mass is 197 g/mol. The predicted molar refractivity (Wildman–Crippen MR) is 52.4 cm³/mol. The first-order valence-electron chi connectivity index (χ1n) is 4.57. The van der Waals surface area contributed by atoms with Crippen molar-refractivity contribution in [2.45, 2.75) is 25.9 Å². The van der Waals surface area contributed by atoms with Crippen molar-refractivity contribution in [2.75, 3.05) is 0 Å². The van der Waals surface area contributed by atoms with Gasteiger partial charge in [-0.2, -0.15) is 0 Å². The Balaban J connectivity index is 2.67. The number of hydrogen-bond donors (Lipinski definition) is 3. The fourth-order valence-electron chi connectivity index (χ4n) is 1.45. The van der Waals surface area contributed by atoms with Crippen LogP contribution in [0, 0.1) is 5.92 Å². The van der Waals surface area contributed by atoms with Gasteiger partial charge in [-0.1, -0.05) is 18.6 Å². The van der Waals surface area contributed by atoms with Crippen LogP contribution in [-0.2, 0) is 4.79 Å². The van der Waals surface area contributed by atoms with Crippen molar-refractivity contribution in [1.29, 1.82) is 0 Å². The highest BCUT2D eigenvalue weighted by atomic mass is 16.4. The molecule has 1 aliphatic carbocycles. The molecule has 0 bridgehead atoms. The summed E-state index contributed by atoms with van der Waals surface area (Å²) in [7, 11) is 0. The number of hydrogen-bond acceptors (Lipinski definition) is 3. The maximum atomic E-state index is 10.4. The maximum absolute atomic E-state index is 10.4. The second-order valence-electron chi connectivity index (χ2n) is 3.62. The summed E-state index contributed by atoms with van der Waals surface area (Å²) in [6.07, 6.45) is 3.30. The molecule has 2 unspecified atom stereocenters. The smallest absolute Gasteiger partial charge is 0.332 e. The molecule has 4 nitrogen and oxygen atoms in total. The second-order valence-corrected chi connectivity index (χ2v) is 3.62. The van der Waals surface area contributed by atoms with E-state index in [1.165, 1.54) is 0 Å². The number of carboxylic acid groups (broad SMARTS) is 1. The van der Waals surface area contributed by atoms with Crippen LogP contribution >= 0.6 is 0 Å². The molecule has 0 aliphatic heterocycles. The fourth-order valence-corrected chi connectivity index (χ4v) is 1.45. The number of allylic oxidation sites excluding steroid dienone is 2. The molecule has 0 saturated heterocycles. The van der Waals surface area contributed by atoms with Crippen molar-refractivity contribution in [3.8, 4) is 0 Å². The molecule has 1 rings (SSSR count). The summed E-state index contributed by atoms with van der Waals surface area (Å²) in [4.78, 5) is 10.4. The largest absolute Gasteiger partial charge is 0.479 e. The lowest BCUT2D eigenvalue weighted by Gasteiger charge is -2.20. The van der Waals surface area contributed by atoms with E-state index in [1.54, 1.807) is 6.08 Å². The van der Waals surface area contributed by atoms with Crippen LogP contribution in [0.2, 0.25) is 0 Å². The zero-order valence-electron chi connectivity index (χ0n) is 8.10. The van der Waals surface area contributed by atoms with E-state index in [1.807, 2.05) is 13.0 Å². The Hall–Kier alpha value is -1.29. The van der Waals surface area contributed by atoms with Crippen LogP contribution in [0.15, 0.2) is 23.4 Å². The number of carboxylic acids is 1. The molecule has 1 aliphatic rings. The summed E-state index contributed by atoms with van der Waals surface area (Å²) in [5.74, 6) is -0.928. The van der Waals surface area contributed by atoms with Crippen LogP contribution < -0.4 is 5.73 Å². The highest BCUT2D eigenvalue weighted by Crippen LogP contribution is 2.25. The third-order valence-electron chi connectivity index (χ3n) is 2.41. The average molecular weight is 197 g/mol. The zero-order chi connectivity index (χ0) is 10.7. The van der Waals surface area contributed by atoms with Crippen LogP contribution in [0.5, 0.6) is 0 Å². The van der Waals surface area contributed by atoms with Crippen LogP contribution in [0.25, 0.3) is 0 Å². The first-order valence-corrected chi connectivity index (χ1v) is 4.57. The van der Waals surface area contributed by atoms with Crippen molar-refractivity contribution in [2.24, 2.45) is 11.7 Å². The Morgan fingerprint density at radius 2 is 2.43 bits per heavy atom. The summed E-state index contributed by atoms with van der Waals surface area (Å²) in [6, 6.07) is 0. The third-order valence-corrected chi connectivity index (χ3v) is 2.41. The number of carbonyl (C=O) groups is 1. The molecule has 0 aromatic rings. The number of rotatable bonds is 3. The summed E-state index contributed by atoms with van der Waals surface area (Å²) < 4.78 is 0. The van der Waals surface area contributed by atoms with Crippen molar-refractivity contribution < 1.29 is 15.0 Å². The lowest BCUT2D eigenvalue weighted by atomic mass is 9.88. The minimum atomic E-state index is -1.32. The van der Waals surface area contributed by atoms with Gasteiger partial charge in [0.05, 0.1) is 0 Å². The van der Waals surface area contributed by atoms with Gasteiger partial charge in [0, 0.05) is 12.1 Å². The average Bonchev–Trinajstić information content (AvgIpc) is 2.11. The lowest BCUT2D eigenvalue weighted by molar-refractivity contribution is -0.146. The SMILES string of the molecule is CC1CC=C(N)C=C1CC(O)C(=O)O. The molecule has 0 aromatic heterocycles. The Morgan fingerprint density at radius 1 is 1.79 bits per heavy atom. The van der Waals surface area contributed by atoms with E-state index in [-0.39, 0.29) is 12.3 Å². The molecular formula is C10H15NO3. The molecule has 0 fully saturated rings. The lowest BCUT2D eigenvalue weighted by Crippen LogP contribution is -2.22. The molecule has 2 atom stereocenters. The number of aliphatic hydroxyl groups is 1. The summed E-state index contributed by atoms with van der Waals surface area (Å²) >= 11 is 0. The van der Waals surface area contributed by atoms with E-state index in [0.717, 1.165) is 12.0 Å². The van der Waals surface area contributed by atoms with Crippen molar-refractivity contribution in [3.63, 3.8) is 0 Å². The van der Waals surface area contributed by atoms with Gasteiger partial charge in [-0.3, -0.25) is 0 Å². The van der Waals surface area contributed by atoms with Crippen LogP contribution in [0.4, 0.5) is 0 Å². The van der Waals surface area contributed by atoms with Crippen LogP contribution in [-0.4, -0.2) is 22.3 Å². The van der Waals surface area contributed by atoms with Gasteiger partial charge in [0.25, 0.3) is 0 Å². The zero-order valence-corrected chi connectivity index (χ0v) is 8.10. The topological polar surface area (TPSA) is 83.5 Å². The predicted octanol–water partition coefficient (Wildman–Crippen LogP) is 0.631. The number of aliphatic carboxylic acids is 1. The van der Waals surface area contributed by atoms with E-state index in [4.69, 9.17) is 10.8 Å².